The van der Waals surface area contributed by atoms with Crippen LogP contribution >= 0.6 is 11.6 Å². The summed E-state index contributed by atoms with van der Waals surface area (Å²) >= 11 is 5.45. The Bertz CT molecular complexity index is 337. The minimum absolute atomic E-state index is 0.220. The van der Waals surface area contributed by atoms with Gasteiger partial charge in [0.25, 0.3) is 0 Å². The molecular weight excluding hydrogens is 240 g/mol. The van der Waals surface area contributed by atoms with Crippen molar-refractivity contribution in [3.05, 3.63) is 0 Å². The van der Waals surface area contributed by atoms with E-state index in [4.69, 9.17) is 11.6 Å². The minimum atomic E-state index is -0.665. The number of hydrogen-bond acceptors (Lipinski definition) is 2. The maximum absolute atomic E-state index is 12.2. The van der Waals surface area contributed by atoms with E-state index in [0.717, 1.165) is 17.7 Å². The quantitative estimate of drug-likeness (QED) is 0.535. The average molecular weight is 259 g/mol. The van der Waals surface area contributed by atoms with Crippen molar-refractivity contribution < 1.29 is 9.59 Å². The number of hydrogen-bond donors (Lipinski definition) is 0. The smallest absolute Gasteiger partial charge is 0.314 e. The van der Waals surface area contributed by atoms with Crippen LogP contribution in [-0.2, 0) is 0 Å². The molecule has 2 aliphatic rings. The first kappa shape index (κ1) is 12.7. The van der Waals surface area contributed by atoms with Gasteiger partial charge < -0.3 is 4.90 Å². The van der Waals surface area contributed by atoms with E-state index in [2.05, 4.69) is 0 Å². The number of amides is 3. The molecule has 1 saturated heterocycles. The molecule has 3 amide bonds. The Hall–Kier alpha value is -0.770. The first-order valence-corrected chi connectivity index (χ1v) is 6.61. The van der Waals surface area contributed by atoms with Crippen LogP contribution in [0.2, 0.25) is 0 Å². The van der Waals surface area contributed by atoms with Crippen LogP contribution in [0.1, 0.15) is 46.0 Å². The molecule has 1 aliphatic heterocycles. The molecule has 0 radical (unpaired) electrons. The second-order valence-corrected chi connectivity index (χ2v) is 5.92. The summed E-state index contributed by atoms with van der Waals surface area (Å²) in [5.41, 5.74) is -0.302. The molecule has 0 spiro atoms. The molecule has 0 N–H and O–H groups in total. The predicted octanol–water partition coefficient (Wildman–Crippen LogP) is 3.19. The van der Waals surface area contributed by atoms with E-state index in [9.17, 15) is 9.59 Å². The van der Waals surface area contributed by atoms with Crippen molar-refractivity contribution in [1.29, 1.82) is 0 Å². The lowest BCUT2D eigenvalue weighted by Crippen LogP contribution is -2.49. The van der Waals surface area contributed by atoms with Crippen LogP contribution < -0.4 is 0 Å². The number of imide groups is 1. The fraction of sp³-hybridized carbons (Fsp3) is 0.833. The first-order chi connectivity index (χ1) is 7.93. The van der Waals surface area contributed by atoms with Gasteiger partial charge in [-0.2, -0.15) is 0 Å². The fourth-order valence-corrected chi connectivity index (χ4v) is 3.18. The maximum atomic E-state index is 12.2. The molecule has 2 fully saturated rings. The van der Waals surface area contributed by atoms with E-state index in [-0.39, 0.29) is 17.6 Å². The molecule has 1 saturated carbocycles. The molecule has 0 aromatic heterocycles. The van der Waals surface area contributed by atoms with Gasteiger partial charge in [0.2, 0.25) is 0 Å². The predicted molar refractivity (Wildman–Crippen MR) is 66.1 cm³/mol. The lowest BCUT2D eigenvalue weighted by atomic mass is 9.91. The summed E-state index contributed by atoms with van der Waals surface area (Å²) in [4.78, 5) is 26.4. The van der Waals surface area contributed by atoms with Gasteiger partial charge in [-0.15, -0.1) is 0 Å². The second-order valence-electron chi connectivity index (χ2n) is 5.60. The number of nitrogens with zero attached hydrogens (tertiary/aromatic N) is 2. The molecule has 4 nitrogen and oxygen atoms in total. The van der Waals surface area contributed by atoms with Crippen LogP contribution in [0.5, 0.6) is 0 Å². The van der Waals surface area contributed by atoms with Crippen LogP contribution in [-0.4, -0.2) is 39.3 Å². The van der Waals surface area contributed by atoms with Crippen LogP contribution in [0.4, 0.5) is 9.59 Å². The lowest BCUT2D eigenvalue weighted by Gasteiger charge is -2.38. The van der Waals surface area contributed by atoms with Crippen molar-refractivity contribution in [1.82, 2.24) is 9.80 Å². The van der Waals surface area contributed by atoms with Crippen LogP contribution in [0, 0.1) is 0 Å². The number of halogens is 1. The van der Waals surface area contributed by atoms with E-state index in [1.165, 1.54) is 19.3 Å². The topological polar surface area (TPSA) is 40.6 Å². The molecule has 0 aromatic rings. The van der Waals surface area contributed by atoms with Crippen LogP contribution in [0.3, 0.4) is 0 Å². The van der Waals surface area contributed by atoms with Gasteiger partial charge in [0.15, 0.2) is 0 Å². The van der Waals surface area contributed by atoms with E-state index in [0.29, 0.717) is 6.54 Å². The van der Waals surface area contributed by atoms with Crippen molar-refractivity contribution >= 4 is 23.0 Å². The maximum Gasteiger partial charge on any atom is 0.328 e. The Labute approximate surface area is 107 Å². The highest BCUT2D eigenvalue weighted by Gasteiger charge is 2.48. The highest BCUT2D eigenvalue weighted by molar-refractivity contribution is 6.64. The third-order valence-electron chi connectivity index (χ3n) is 3.79. The zero-order valence-corrected chi connectivity index (χ0v) is 11.2. The Kier molecular flexibility index (Phi) is 3.34. The monoisotopic (exact) mass is 258 g/mol. The van der Waals surface area contributed by atoms with E-state index >= 15 is 0 Å². The Morgan fingerprint density at radius 1 is 1.29 bits per heavy atom. The third-order valence-corrected chi connectivity index (χ3v) is 3.99. The molecular formula is C12H19ClN2O2. The van der Waals surface area contributed by atoms with Gasteiger partial charge in [0.05, 0.1) is 12.1 Å². The summed E-state index contributed by atoms with van der Waals surface area (Å²) in [5.74, 6) is 0. The molecule has 5 heteroatoms. The molecule has 1 heterocycles. The van der Waals surface area contributed by atoms with Crippen molar-refractivity contribution in [2.75, 3.05) is 6.54 Å². The number of carbonyl (C=O) groups is 2. The van der Waals surface area contributed by atoms with E-state index < -0.39 is 5.37 Å². The highest BCUT2D eigenvalue weighted by atomic mass is 35.5. The van der Waals surface area contributed by atoms with Crippen molar-refractivity contribution in [2.45, 2.75) is 57.5 Å². The average Bonchev–Trinajstić information content (AvgIpc) is 2.50. The zero-order valence-electron chi connectivity index (χ0n) is 10.4. The van der Waals surface area contributed by atoms with Crippen LogP contribution in [0.15, 0.2) is 0 Å². The third kappa shape index (κ3) is 2.28. The number of carbonyl (C=O) groups excluding carboxylic acids is 2. The highest BCUT2D eigenvalue weighted by Crippen LogP contribution is 2.34. The SMILES string of the molecule is CC1(C)CN(C(=O)Cl)C(=O)N1C1CCCCC1. The molecule has 17 heavy (non-hydrogen) atoms. The van der Waals surface area contributed by atoms with Gasteiger partial charge in [-0.05, 0) is 38.3 Å². The zero-order chi connectivity index (χ0) is 12.6. The molecule has 96 valence electrons. The second kappa shape index (κ2) is 4.48. The standard InChI is InChI=1S/C12H19ClN2O2/c1-12(2)8-14(10(13)16)11(17)15(12)9-6-4-3-5-7-9/h9H,3-8H2,1-2H3. The summed E-state index contributed by atoms with van der Waals surface area (Å²) in [7, 11) is 0. The van der Waals surface area contributed by atoms with Crippen molar-refractivity contribution in [3.8, 4) is 0 Å². The largest absolute Gasteiger partial charge is 0.328 e. The Morgan fingerprint density at radius 3 is 2.35 bits per heavy atom. The molecule has 0 atom stereocenters. The lowest BCUT2D eigenvalue weighted by molar-refractivity contribution is 0.116. The van der Waals surface area contributed by atoms with Gasteiger partial charge in [-0.3, -0.25) is 4.79 Å². The van der Waals surface area contributed by atoms with E-state index in [1.807, 2.05) is 18.7 Å². The normalized spacial score (nSPS) is 25.5. The molecule has 0 aromatic carbocycles. The number of urea groups is 1. The summed E-state index contributed by atoms with van der Waals surface area (Å²) in [6.45, 7) is 4.39. The van der Waals surface area contributed by atoms with Gasteiger partial charge >= 0.3 is 11.4 Å². The Balaban J connectivity index is 2.19. The summed E-state index contributed by atoms with van der Waals surface area (Å²) in [6, 6.07) is 0.0502. The van der Waals surface area contributed by atoms with E-state index in [1.54, 1.807) is 0 Å². The first-order valence-electron chi connectivity index (χ1n) is 6.24. The van der Waals surface area contributed by atoms with Gasteiger partial charge in [-0.1, -0.05) is 19.3 Å². The fourth-order valence-electron chi connectivity index (χ4n) is 3.05. The van der Waals surface area contributed by atoms with Gasteiger partial charge in [0.1, 0.15) is 0 Å². The summed E-state index contributed by atoms with van der Waals surface area (Å²) in [6.07, 6.45) is 5.66. The van der Waals surface area contributed by atoms with Crippen molar-refractivity contribution in [2.24, 2.45) is 0 Å². The van der Waals surface area contributed by atoms with Gasteiger partial charge in [0, 0.05) is 6.04 Å². The Morgan fingerprint density at radius 2 is 1.88 bits per heavy atom. The molecule has 0 unspecified atom stereocenters. The van der Waals surface area contributed by atoms with Gasteiger partial charge in [-0.25, -0.2) is 9.69 Å². The summed E-state index contributed by atoms with van der Waals surface area (Å²) in [5, 5.41) is -0.665. The van der Waals surface area contributed by atoms with Crippen molar-refractivity contribution in [3.63, 3.8) is 0 Å². The molecule has 0 bridgehead atoms. The van der Waals surface area contributed by atoms with Crippen LogP contribution in [0.25, 0.3) is 0 Å². The summed E-state index contributed by atoms with van der Waals surface area (Å²) < 4.78 is 0. The number of rotatable bonds is 1. The minimum Gasteiger partial charge on any atom is -0.314 e. The molecule has 2 rings (SSSR count). The molecule has 1 aliphatic carbocycles.